The molecule has 0 aliphatic carbocycles. The van der Waals surface area contributed by atoms with Crippen LogP contribution in [0.4, 0.5) is 0 Å². The molecule has 2 N–H and O–H groups in total. The van der Waals surface area contributed by atoms with Crippen molar-refractivity contribution in [3.63, 3.8) is 0 Å². The first-order valence-electron chi connectivity index (χ1n) is 5.88. The molecule has 0 bridgehead atoms. The van der Waals surface area contributed by atoms with Crippen LogP contribution in [-0.4, -0.2) is 42.1 Å². The van der Waals surface area contributed by atoms with Gasteiger partial charge in [-0.2, -0.15) is 0 Å². The van der Waals surface area contributed by atoms with Crippen molar-refractivity contribution >= 4 is 15.7 Å². The molecule has 17 heavy (non-hydrogen) atoms. The van der Waals surface area contributed by atoms with Gasteiger partial charge in [0, 0.05) is 0 Å². The first-order chi connectivity index (χ1) is 7.67. The van der Waals surface area contributed by atoms with Crippen molar-refractivity contribution < 1.29 is 18.3 Å². The normalized spacial score (nSPS) is 26.2. The van der Waals surface area contributed by atoms with Gasteiger partial charge in [-0.25, -0.2) is 8.42 Å². The van der Waals surface area contributed by atoms with Crippen molar-refractivity contribution in [2.24, 2.45) is 0 Å². The van der Waals surface area contributed by atoms with Gasteiger partial charge in [0.1, 0.15) is 5.25 Å². The third-order valence-corrected chi connectivity index (χ3v) is 5.54. The number of amides is 1. The summed E-state index contributed by atoms with van der Waals surface area (Å²) in [4.78, 5) is 11.9. The Morgan fingerprint density at radius 1 is 1.41 bits per heavy atom. The van der Waals surface area contributed by atoms with E-state index < -0.39 is 32.6 Å². The molecule has 2 atom stereocenters. The van der Waals surface area contributed by atoms with Gasteiger partial charge < -0.3 is 10.4 Å². The lowest BCUT2D eigenvalue weighted by atomic mass is 9.98. The number of rotatable bonds is 3. The van der Waals surface area contributed by atoms with Gasteiger partial charge in [-0.1, -0.05) is 6.42 Å². The SMILES string of the molecule is CC(O)C(C)(C)NC(=O)C1CCCCS1(=O)=O. The van der Waals surface area contributed by atoms with Crippen LogP contribution in [0.25, 0.3) is 0 Å². The summed E-state index contributed by atoms with van der Waals surface area (Å²) in [5.41, 5.74) is -0.815. The topological polar surface area (TPSA) is 83.5 Å². The van der Waals surface area contributed by atoms with Gasteiger partial charge in [-0.05, 0) is 33.6 Å². The Hall–Kier alpha value is -0.620. The quantitative estimate of drug-likeness (QED) is 0.763. The highest BCUT2D eigenvalue weighted by molar-refractivity contribution is 7.92. The van der Waals surface area contributed by atoms with Crippen LogP contribution in [0, 0.1) is 0 Å². The summed E-state index contributed by atoms with van der Waals surface area (Å²) in [6, 6.07) is 0. The summed E-state index contributed by atoms with van der Waals surface area (Å²) in [5, 5.41) is 11.2. The molecule has 5 nitrogen and oxygen atoms in total. The number of aliphatic hydroxyl groups is 1. The van der Waals surface area contributed by atoms with E-state index in [1.807, 2.05) is 0 Å². The fourth-order valence-corrected chi connectivity index (χ4v) is 3.55. The maximum atomic E-state index is 11.9. The van der Waals surface area contributed by atoms with E-state index in [9.17, 15) is 18.3 Å². The minimum atomic E-state index is -3.31. The molecule has 0 radical (unpaired) electrons. The smallest absolute Gasteiger partial charge is 0.238 e. The minimum absolute atomic E-state index is 0.0835. The van der Waals surface area contributed by atoms with Crippen molar-refractivity contribution in [1.29, 1.82) is 0 Å². The molecule has 0 aromatic rings. The number of carbonyl (C=O) groups is 1. The Labute approximate surface area is 103 Å². The molecule has 0 aromatic carbocycles. The van der Waals surface area contributed by atoms with E-state index in [-0.39, 0.29) is 5.75 Å². The molecule has 2 unspecified atom stereocenters. The number of carbonyl (C=O) groups excluding carboxylic acids is 1. The summed E-state index contributed by atoms with van der Waals surface area (Å²) in [7, 11) is -3.31. The molecule has 1 heterocycles. The fraction of sp³-hybridized carbons (Fsp3) is 0.909. The van der Waals surface area contributed by atoms with Gasteiger partial charge in [-0.15, -0.1) is 0 Å². The molecule has 1 rings (SSSR count). The third-order valence-electron chi connectivity index (χ3n) is 3.36. The Morgan fingerprint density at radius 3 is 2.47 bits per heavy atom. The van der Waals surface area contributed by atoms with E-state index in [2.05, 4.69) is 5.32 Å². The van der Waals surface area contributed by atoms with Crippen molar-refractivity contribution in [1.82, 2.24) is 5.32 Å². The zero-order valence-corrected chi connectivity index (χ0v) is 11.4. The summed E-state index contributed by atoms with van der Waals surface area (Å²) < 4.78 is 23.5. The molecule has 1 amide bonds. The second-order valence-corrected chi connectivity index (χ2v) is 7.54. The monoisotopic (exact) mass is 263 g/mol. The van der Waals surface area contributed by atoms with Crippen molar-refractivity contribution in [2.45, 2.75) is 56.9 Å². The molecular formula is C11H21NO4S. The molecule has 1 aliphatic rings. The highest BCUT2D eigenvalue weighted by Gasteiger charge is 2.37. The molecular weight excluding hydrogens is 242 g/mol. The maximum absolute atomic E-state index is 11.9. The van der Waals surface area contributed by atoms with Gasteiger partial charge in [0.2, 0.25) is 5.91 Å². The minimum Gasteiger partial charge on any atom is -0.391 e. The zero-order chi connectivity index (χ0) is 13.3. The molecule has 1 aliphatic heterocycles. The summed E-state index contributed by atoms with van der Waals surface area (Å²) in [6.07, 6.45) is 1.03. The second kappa shape index (κ2) is 4.94. The Kier molecular flexibility index (Phi) is 4.19. The fourth-order valence-electron chi connectivity index (χ4n) is 1.75. The van der Waals surface area contributed by atoms with E-state index >= 15 is 0 Å². The van der Waals surface area contributed by atoms with E-state index in [1.54, 1.807) is 20.8 Å². The van der Waals surface area contributed by atoms with Crippen LogP contribution in [0.15, 0.2) is 0 Å². The number of nitrogens with one attached hydrogen (secondary N) is 1. The van der Waals surface area contributed by atoms with Crippen LogP contribution in [0.1, 0.15) is 40.0 Å². The summed E-state index contributed by atoms with van der Waals surface area (Å²) >= 11 is 0. The van der Waals surface area contributed by atoms with Gasteiger partial charge in [0.15, 0.2) is 9.84 Å². The van der Waals surface area contributed by atoms with E-state index in [4.69, 9.17) is 0 Å². The number of aliphatic hydroxyl groups excluding tert-OH is 1. The lowest BCUT2D eigenvalue weighted by Crippen LogP contribution is -2.55. The Bertz CT molecular complexity index is 386. The van der Waals surface area contributed by atoms with E-state index in [1.165, 1.54) is 0 Å². The first kappa shape index (κ1) is 14.4. The Balaban J connectivity index is 2.77. The molecule has 0 spiro atoms. The van der Waals surface area contributed by atoms with Gasteiger partial charge in [-0.3, -0.25) is 4.79 Å². The van der Waals surface area contributed by atoms with Crippen LogP contribution in [0.5, 0.6) is 0 Å². The van der Waals surface area contributed by atoms with Crippen molar-refractivity contribution in [3.8, 4) is 0 Å². The highest BCUT2D eigenvalue weighted by atomic mass is 32.2. The third kappa shape index (κ3) is 3.42. The van der Waals surface area contributed by atoms with Crippen molar-refractivity contribution in [2.75, 3.05) is 5.75 Å². The summed E-state index contributed by atoms with van der Waals surface area (Å²) in [6.45, 7) is 4.91. The lowest BCUT2D eigenvalue weighted by molar-refractivity contribution is -0.123. The van der Waals surface area contributed by atoms with E-state index in [0.29, 0.717) is 12.8 Å². The number of hydrogen-bond donors (Lipinski definition) is 2. The van der Waals surface area contributed by atoms with E-state index in [0.717, 1.165) is 6.42 Å². The predicted octanol–water partition coefficient (Wildman–Crippen LogP) is 0.229. The standard InChI is InChI=1S/C11H21NO4S/c1-8(13)11(2,3)12-10(14)9-6-4-5-7-17(9,15)16/h8-9,13H,4-7H2,1-3H3,(H,12,14). The van der Waals surface area contributed by atoms with Gasteiger partial charge in [0.25, 0.3) is 0 Å². The average molecular weight is 263 g/mol. The van der Waals surface area contributed by atoms with Gasteiger partial charge >= 0.3 is 0 Å². The zero-order valence-electron chi connectivity index (χ0n) is 10.6. The largest absolute Gasteiger partial charge is 0.391 e. The lowest BCUT2D eigenvalue weighted by Gasteiger charge is -2.32. The highest BCUT2D eigenvalue weighted by Crippen LogP contribution is 2.21. The van der Waals surface area contributed by atoms with Crippen LogP contribution >= 0.6 is 0 Å². The van der Waals surface area contributed by atoms with Gasteiger partial charge in [0.05, 0.1) is 17.4 Å². The predicted molar refractivity (Wildman–Crippen MR) is 65.3 cm³/mol. The second-order valence-electron chi connectivity index (χ2n) is 5.24. The average Bonchev–Trinajstić information content (AvgIpc) is 2.15. The van der Waals surface area contributed by atoms with Crippen LogP contribution < -0.4 is 5.32 Å². The molecule has 0 saturated carbocycles. The van der Waals surface area contributed by atoms with Crippen LogP contribution in [0.2, 0.25) is 0 Å². The molecule has 0 aromatic heterocycles. The first-order valence-corrected chi connectivity index (χ1v) is 7.60. The molecule has 1 saturated heterocycles. The summed E-state index contributed by atoms with van der Waals surface area (Å²) in [5.74, 6) is -0.407. The van der Waals surface area contributed by atoms with Crippen LogP contribution in [-0.2, 0) is 14.6 Å². The van der Waals surface area contributed by atoms with Crippen molar-refractivity contribution in [3.05, 3.63) is 0 Å². The van der Waals surface area contributed by atoms with Crippen LogP contribution in [0.3, 0.4) is 0 Å². The number of sulfone groups is 1. The molecule has 6 heteroatoms. The maximum Gasteiger partial charge on any atom is 0.238 e. The molecule has 100 valence electrons. The number of hydrogen-bond acceptors (Lipinski definition) is 4. The molecule has 1 fully saturated rings. The Morgan fingerprint density at radius 2 is 2.00 bits per heavy atom.